The van der Waals surface area contributed by atoms with Gasteiger partial charge in [-0.2, -0.15) is 11.3 Å². The highest BCUT2D eigenvalue weighted by atomic mass is 32.1. The fraction of sp³-hybridized carbons (Fsp3) is 0.538. The first kappa shape index (κ1) is 13.1. The van der Waals surface area contributed by atoms with Crippen molar-refractivity contribution in [1.29, 1.82) is 0 Å². The van der Waals surface area contributed by atoms with Gasteiger partial charge in [0.2, 0.25) is 5.91 Å². The van der Waals surface area contributed by atoms with Gasteiger partial charge in [-0.3, -0.25) is 9.59 Å². The zero-order valence-corrected chi connectivity index (χ0v) is 11.0. The van der Waals surface area contributed by atoms with E-state index in [9.17, 15) is 9.59 Å². The molecule has 0 aromatic carbocycles. The van der Waals surface area contributed by atoms with Crippen LogP contribution in [-0.4, -0.2) is 35.0 Å². The predicted octanol–water partition coefficient (Wildman–Crippen LogP) is 2.00. The summed E-state index contributed by atoms with van der Waals surface area (Å²) in [4.78, 5) is 24.6. The van der Waals surface area contributed by atoms with E-state index in [0.29, 0.717) is 25.9 Å². The second-order valence-corrected chi connectivity index (χ2v) is 5.43. The third-order valence-electron chi connectivity index (χ3n) is 3.33. The maximum Gasteiger partial charge on any atom is 0.308 e. The molecule has 1 aromatic rings. The number of rotatable bonds is 4. The second kappa shape index (κ2) is 6.00. The number of carboxylic acid groups (broad SMARTS) is 1. The molecule has 2 heterocycles. The first-order valence-electron chi connectivity index (χ1n) is 6.18. The fourth-order valence-corrected chi connectivity index (χ4v) is 2.95. The smallest absolute Gasteiger partial charge is 0.308 e. The average molecular weight is 267 g/mol. The number of piperidine rings is 1. The Morgan fingerprint density at radius 3 is 3.00 bits per heavy atom. The van der Waals surface area contributed by atoms with E-state index in [2.05, 4.69) is 0 Å². The van der Waals surface area contributed by atoms with E-state index >= 15 is 0 Å². The van der Waals surface area contributed by atoms with Gasteiger partial charge in [-0.15, -0.1) is 0 Å². The summed E-state index contributed by atoms with van der Waals surface area (Å²) in [7, 11) is 0. The first-order chi connectivity index (χ1) is 8.66. The minimum absolute atomic E-state index is 0.0761. The number of hydrogen-bond donors (Lipinski definition) is 1. The molecule has 1 aromatic heterocycles. The van der Waals surface area contributed by atoms with Crippen LogP contribution in [0.15, 0.2) is 16.8 Å². The lowest BCUT2D eigenvalue weighted by atomic mass is 9.98. The Balaban J connectivity index is 1.83. The van der Waals surface area contributed by atoms with Gasteiger partial charge in [0.15, 0.2) is 0 Å². The Hall–Kier alpha value is -1.36. The van der Waals surface area contributed by atoms with Crippen molar-refractivity contribution >= 4 is 23.2 Å². The Bertz CT molecular complexity index is 416. The van der Waals surface area contributed by atoms with Crippen LogP contribution in [0, 0.1) is 5.92 Å². The number of carbonyl (C=O) groups is 2. The normalized spacial score (nSPS) is 19.8. The van der Waals surface area contributed by atoms with Crippen molar-refractivity contribution in [3.8, 4) is 0 Å². The third-order valence-corrected chi connectivity index (χ3v) is 4.06. The fourth-order valence-electron chi connectivity index (χ4n) is 2.25. The lowest BCUT2D eigenvalue weighted by molar-refractivity contribution is -0.145. The summed E-state index contributed by atoms with van der Waals surface area (Å²) in [6, 6.07) is 2.02. The van der Waals surface area contributed by atoms with E-state index in [1.165, 1.54) is 5.56 Å². The third kappa shape index (κ3) is 3.32. The molecule has 1 saturated heterocycles. The van der Waals surface area contributed by atoms with Crippen LogP contribution >= 0.6 is 11.3 Å². The topological polar surface area (TPSA) is 57.6 Å². The summed E-state index contributed by atoms with van der Waals surface area (Å²) in [6.45, 7) is 1.07. The maximum atomic E-state index is 12.0. The van der Waals surface area contributed by atoms with Gasteiger partial charge in [0.1, 0.15) is 0 Å². The van der Waals surface area contributed by atoms with Gasteiger partial charge >= 0.3 is 5.97 Å². The van der Waals surface area contributed by atoms with Crippen LogP contribution < -0.4 is 0 Å². The molecule has 18 heavy (non-hydrogen) atoms. The summed E-state index contributed by atoms with van der Waals surface area (Å²) < 4.78 is 0. The Morgan fingerprint density at radius 2 is 2.33 bits per heavy atom. The number of aliphatic carboxylic acids is 1. The quantitative estimate of drug-likeness (QED) is 0.907. The molecule has 0 aliphatic carbocycles. The molecule has 1 fully saturated rings. The van der Waals surface area contributed by atoms with Gasteiger partial charge in [0.05, 0.1) is 5.92 Å². The van der Waals surface area contributed by atoms with Crippen molar-refractivity contribution in [3.05, 3.63) is 22.4 Å². The average Bonchev–Trinajstić information content (AvgIpc) is 2.89. The molecule has 4 nitrogen and oxygen atoms in total. The van der Waals surface area contributed by atoms with E-state index < -0.39 is 5.97 Å². The van der Waals surface area contributed by atoms with Crippen molar-refractivity contribution in [3.63, 3.8) is 0 Å². The van der Waals surface area contributed by atoms with Crippen molar-refractivity contribution < 1.29 is 14.7 Å². The minimum atomic E-state index is -0.787. The van der Waals surface area contributed by atoms with E-state index in [1.807, 2.05) is 16.8 Å². The number of likely N-dealkylation sites (tertiary alicyclic amines) is 1. The van der Waals surface area contributed by atoms with Gasteiger partial charge in [-0.05, 0) is 41.7 Å². The van der Waals surface area contributed by atoms with E-state index in [4.69, 9.17) is 5.11 Å². The predicted molar refractivity (Wildman–Crippen MR) is 69.6 cm³/mol. The van der Waals surface area contributed by atoms with E-state index in [0.717, 1.165) is 12.8 Å². The van der Waals surface area contributed by atoms with Gasteiger partial charge in [0, 0.05) is 19.5 Å². The molecule has 1 aliphatic rings. The number of amides is 1. The molecule has 1 unspecified atom stereocenters. The maximum absolute atomic E-state index is 12.0. The van der Waals surface area contributed by atoms with Gasteiger partial charge in [0.25, 0.3) is 0 Å². The summed E-state index contributed by atoms with van der Waals surface area (Å²) in [6.07, 6.45) is 2.70. The lowest BCUT2D eigenvalue weighted by Crippen LogP contribution is -2.42. The molecule has 1 atom stereocenters. The molecule has 1 N–H and O–H groups in total. The van der Waals surface area contributed by atoms with Crippen LogP contribution in [0.2, 0.25) is 0 Å². The molecule has 0 radical (unpaired) electrons. The molecular weight excluding hydrogens is 250 g/mol. The van der Waals surface area contributed by atoms with Crippen molar-refractivity contribution in [2.75, 3.05) is 13.1 Å². The molecule has 1 aliphatic heterocycles. The molecule has 0 saturated carbocycles. The van der Waals surface area contributed by atoms with Crippen LogP contribution in [0.3, 0.4) is 0 Å². The molecule has 0 spiro atoms. The van der Waals surface area contributed by atoms with Gasteiger partial charge in [-0.25, -0.2) is 0 Å². The largest absolute Gasteiger partial charge is 0.481 e. The highest BCUT2D eigenvalue weighted by molar-refractivity contribution is 7.07. The monoisotopic (exact) mass is 267 g/mol. The summed E-state index contributed by atoms with van der Waals surface area (Å²) >= 11 is 1.63. The molecule has 98 valence electrons. The molecule has 1 amide bonds. The summed E-state index contributed by atoms with van der Waals surface area (Å²) in [5.74, 6) is -1.10. The van der Waals surface area contributed by atoms with Crippen LogP contribution in [0.25, 0.3) is 0 Å². The minimum Gasteiger partial charge on any atom is -0.481 e. The lowest BCUT2D eigenvalue weighted by Gasteiger charge is -2.30. The zero-order valence-electron chi connectivity index (χ0n) is 10.2. The van der Waals surface area contributed by atoms with Crippen LogP contribution in [0.1, 0.15) is 24.8 Å². The van der Waals surface area contributed by atoms with Crippen LogP contribution in [0.4, 0.5) is 0 Å². The van der Waals surface area contributed by atoms with Gasteiger partial charge in [-0.1, -0.05) is 0 Å². The standard InChI is InChI=1S/C13H17NO3S/c15-12(4-3-10-5-7-18-9-10)14-6-1-2-11(8-14)13(16)17/h5,7,9,11H,1-4,6,8H2,(H,16,17). The number of aryl methyl sites for hydroxylation is 1. The molecule has 0 bridgehead atoms. The number of nitrogens with zero attached hydrogens (tertiary/aromatic N) is 1. The number of carbonyl (C=O) groups excluding carboxylic acids is 1. The SMILES string of the molecule is O=C(O)C1CCCN(C(=O)CCc2ccsc2)C1. The van der Waals surface area contributed by atoms with Crippen molar-refractivity contribution in [2.24, 2.45) is 5.92 Å². The first-order valence-corrected chi connectivity index (χ1v) is 7.13. The molecule has 2 rings (SSSR count). The summed E-state index contributed by atoms with van der Waals surface area (Å²) in [5.41, 5.74) is 1.18. The second-order valence-electron chi connectivity index (χ2n) is 4.65. The molecular formula is C13H17NO3S. The van der Waals surface area contributed by atoms with Crippen molar-refractivity contribution in [1.82, 2.24) is 4.90 Å². The number of thiophene rings is 1. The highest BCUT2D eigenvalue weighted by Crippen LogP contribution is 2.18. The van der Waals surface area contributed by atoms with Gasteiger partial charge < -0.3 is 10.0 Å². The van der Waals surface area contributed by atoms with Crippen LogP contribution in [0.5, 0.6) is 0 Å². The van der Waals surface area contributed by atoms with Crippen LogP contribution in [-0.2, 0) is 16.0 Å². The summed E-state index contributed by atoms with van der Waals surface area (Å²) in [5, 5.41) is 13.0. The highest BCUT2D eigenvalue weighted by Gasteiger charge is 2.27. The van der Waals surface area contributed by atoms with E-state index in [-0.39, 0.29) is 11.8 Å². The Morgan fingerprint density at radius 1 is 1.50 bits per heavy atom. The van der Waals surface area contributed by atoms with E-state index in [1.54, 1.807) is 16.2 Å². The zero-order chi connectivity index (χ0) is 13.0. The number of hydrogen-bond acceptors (Lipinski definition) is 3. The Kier molecular flexibility index (Phi) is 4.36. The number of carboxylic acids is 1. The van der Waals surface area contributed by atoms with Crippen molar-refractivity contribution in [2.45, 2.75) is 25.7 Å². The molecule has 5 heteroatoms. The Labute approximate surface area is 110 Å².